The smallest absolute Gasteiger partial charge is 0.136 e. The van der Waals surface area contributed by atoms with Crippen molar-refractivity contribution in [2.75, 3.05) is 4.90 Å². The molecule has 0 radical (unpaired) electrons. The largest absolute Gasteiger partial charge is 0.456 e. The number of para-hydroxylation sites is 2. The predicted octanol–water partition coefficient (Wildman–Crippen LogP) is 15.5. The minimum atomic E-state index is -0.0267. The number of fused-ring (bicyclic) bond motifs is 4. The standard InChI is InChI=1S/C56H45NO/c1-56(2,3)42-34-35-51(49(37-42)39-20-8-5-9-21-39)57(43-25-14-24-41(36-43)45-29-17-33-53-55(45)48-27-11-13-32-52(48)58-53)50-31-12-10-26-46(50)47-30-16-23-40-22-15-28-44(54(40)47)38-18-6-4-7-19-38/h4-37,47,54H,1-3H3. The Morgan fingerprint density at radius 3 is 2.07 bits per heavy atom. The van der Waals surface area contributed by atoms with E-state index in [2.05, 4.69) is 226 Å². The number of hydrogen-bond acceptors (Lipinski definition) is 2. The third-order valence-electron chi connectivity index (χ3n) is 11.9. The number of hydrogen-bond donors (Lipinski definition) is 0. The van der Waals surface area contributed by atoms with Gasteiger partial charge in [0.05, 0.1) is 5.69 Å². The fourth-order valence-electron chi connectivity index (χ4n) is 9.05. The zero-order valence-corrected chi connectivity index (χ0v) is 33.1. The summed E-state index contributed by atoms with van der Waals surface area (Å²) in [7, 11) is 0. The van der Waals surface area contributed by atoms with Gasteiger partial charge in [-0.2, -0.15) is 0 Å². The Morgan fingerprint density at radius 2 is 1.24 bits per heavy atom. The Bertz CT molecular complexity index is 2930. The second-order valence-electron chi connectivity index (χ2n) is 16.5. The van der Waals surface area contributed by atoms with Crippen LogP contribution < -0.4 is 4.90 Å². The molecule has 0 N–H and O–H groups in total. The van der Waals surface area contributed by atoms with Crippen LogP contribution in [0, 0.1) is 5.92 Å². The van der Waals surface area contributed by atoms with Gasteiger partial charge in [-0.1, -0.05) is 185 Å². The number of anilines is 3. The zero-order chi connectivity index (χ0) is 39.2. The van der Waals surface area contributed by atoms with E-state index in [1.165, 1.54) is 39.0 Å². The number of rotatable bonds is 7. The summed E-state index contributed by atoms with van der Waals surface area (Å²) in [5, 5.41) is 2.26. The first-order valence-electron chi connectivity index (χ1n) is 20.3. The van der Waals surface area contributed by atoms with Crippen LogP contribution in [0.5, 0.6) is 0 Å². The molecule has 0 fully saturated rings. The summed E-state index contributed by atoms with van der Waals surface area (Å²) < 4.78 is 6.37. The molecule has 0 amide bonds. The molecule has 58 heavy (non-hydrogen) atoms. The highest BCUT2D eigenvalue weighted by Crippen LogP contribution is 2.51. The molecule has 2 atom stereocenters. The van der Waals surface area contributed by atoms with Crippen LogP contribution in [-0.2, 0) is 5.41 Å². The molecule has 2 aliphatic rings. The van der Waals surface area contributed by atoms with Crippen molar-refractivity contribution < 1.29 is 4.42 Å². The van der Waals surface area contributed by atoms with E-state index < -0.39 is 0 Å². The highest BCUT2D eigenvalue weighted by Gasteiger charge is 2.34. The third-order valence-corrected chi connectivity index (χ3v) is 11.9. The summed E-state index contributed by atoms with van der Waals surface area (Å²) in [4.78, 5) is 2.51. The van der Waals surface area contributed by atoms with Crippen molar-refractivity contribution >= 4 is 44.6 Å². The Morgan fingerprint density at radius 1 is 0.534 bits per heavy atom. The van der Waals surface area contributed by atoms with Crippen LogP contribution in [0.15, 0.2) is 216 Å². The number of benzene rings is 7. The first-order chi connectivity index (χ1) is 28.4. The second kappa shape index (κ2) is 14.6. The van der Waals surface area contributed by atoms with Crippen LogP contribution >= 0.6 is 0 Å². The average molecular weight is 748 g/mol. The van der Waals surface area contributed by atoms with Gasteiger partial charge in [-0.05, 0) is 92.4 Å². The van der Waals surface area contributed by atoms with E-state index in [4.69, 9.17) is 4.42 Å². The molecule has 0 bridgehead atoms. The highest BCUT2D eigenvalue weighted by atomic mass is 16.3. The van der Waals surface area contributed by atoms with Crippen LogP contribution in [0.1, 0.15) is 43.4 Å². The molecular weight excluding hydrogens is 703 g/mol. The lowest BCUT2D eigenvalue weighted by atomic mass is 9.70. The van der Waals surface area contributed by atoms with Gasteiger partial charge >= 0.3 is 0 Å². The first-order valence-corrected chi connectivity index (χ1v) is 20.3. The van der Waals surface area contributed by atoms with Gasteiger partial charge in [0.2, 0.25) is 0 Å². The Balaban J connectivity index is 1.21. The van der Waals surface area contributed by atoms with Gasteiger partial charge in [0.25, 0.3) is 0 Å². The average Bonchev–Trinajstić information content (AvgIpc) is 3.66. The van der Waals surface area contributed by atoms with Crippen LogP contribution in [0.2, 0.25) is 0 Å². The van der Waals surface area contributed by atoms with Crippen molar-refractivity contribution in [2.24, 2.45) is 5.92 Å². The van der Waals surface area contributed by atoms with E-state index in [0.717, 1.165) is 50.1 Å². The van der Waals surface area contributed by atoms with E-state index in [1.807, 2.05) is 6.07 Å². The van der Waals surface area contributed by atoms with Gasteiger partial charge in [0, 0.05) is 39.5 Å². The normalized spacial score (nSPS) is 16.3. The van der Waals surface area contributed by atoms with Crippen molar-refractivity contribution in [1.29, 1.82) is 0 Å². The Labute approximate surface area is 341 Å². The molecule has 2 heteroatoms. The molecule has 2 nitrogen and oxygen atoms in total. The van der Waals surface area contributed by atoms with Gasteiger partial charge in [-0.3, -0.25) is 0 Å². The quantitative estimate of drug-likeness (QED) is 0.161. The van der Waals surface area contributed by atoms with Gasteiger partial charge in [0.15, 0.2) is 0 Å². The van der Waals surface area contributed by atoms with E-state index in [9.17, 15) is 0 Å². The molecule has 0 saturated carbocycles. The molecule has 7 aromatic carbocycles. The topological polar surface area (TPSA) is 16.4 Å². The lowest BCUT2D eigenvalue weighted by Gasteiger charge is -2.37. The van der Waals surface area contributed by atoms with Crippen LogP contribution in [0.4, 0.5) is 17.1 Å². The number of allylic oxidation sites excluding steroid dienone is 8. The van der Waals surface area contributed by atoms with Gasteiger partial charge in [-0.15, -0.1) is 0 Å². The molecule has 0 saturated heterocycles. The van der Waals surface area contributed by atoms with E-state index in [1.54, 1.807) is 0 Å². The minimum absolute atomic E-state index is 0.0267. The Kier molecular flexibility index (Phi) is 8.91. The predicted molar refractivity (Wildman–Crippen MR) is 245 cm³/mol. The molecule has 2 unspecified atom stereocenters. The molecule has 1 aromatic heterocycles. The summed E-state index contributed by atoms with van der Waals surface area (Å²) in [5.74, 6) is 0.258. The van der Waals surface area contributed by atoms with Gasteiger partial charge in [-0.25, -0.2) is 0 Å². The van der Waals surface area contributed by atoms with Gasteiger partial charge in [0.1, 0.15) is 11.2 Å². The summed E-state index contributed by atoms with van der Waals surface area (Å²) in [6.07, 6.45) is 13.7. The third kappa shape index (κ3) is 6.32. The van der Waals surface area contributed by atoms with Crippen molar-refractivity contribution in [2.45, 2.75) is 32.1 Å². The zero-order valence-electron chi connectivity index (χ0n) is 33.1. The van der Waals surface area contributed by atoms with Crippen LogP contribution in [0.3, 0.4) is 0 Å². The summed E-state index contributed by atoms with van der Waals surface area (Å²) in [6.45, 7) is 6.89. The van der Waals surface area contributed by atoms with Crippen molar-refractivity contribution in [3.8, 4) is 22.3 Å². The first kappa shape index (κ1) is 35.5. The second-order valence-corrected chi connectivity index (χ2v) is 16.5. The van der Waals surface area contributed by atoms with Crippen molar-refractivity contribution in [3.05, 3.63) is 229 Å². The maximum absolute atomic E-state index is 6.37. The molecule has 280 valence electrons. The number of furan rings is 1. The summed E-state index contributed by atoms with van der Waals surface area (Å²) >= 11 is 0. The molecule has 8 aromatic rings. The number of nitrogens with zero attached hydrogens (tertiary/aromatic N) is 1. The van der Waals surface area contributed by atoms with Crippen LogP contribution in [0.25, 0.3) is 49.8 Å². The fourth-order valence-corrected chi connectivity index (χ4v) is 9.05. The fraction of sp³-hybridized carbons (Fsp3) is 0.107. The summed E-state index contributed by atoms with van der Waals surface area (Å²) in [5.41, 5.74) is 16.3. The maximum atomic E-state index is 6.37. The Hall–Kier alpha value is -6.90. The van der Waals surface area contributed by atoms with Crippen molar-refractivity contribution in [1.82, 2.24) is 0 Å². The van der Waals surface area contributed by atoms with Crippen molar-refractivity contribution in [3.63, 3.8) is 0 Å². The molecular formula is C56H45NO. The van der Waals surface area contributed by atoms with E-state index in [0.29, 0.717) is 0 Å². The molecule has 1 heterocycles. The molecule has 10 rings (SSSR count). The lowest BCUT2D eigenvalue weighted by Crippen LogP contribution is -2.22. The highest BCUT2D eigenvalue weighted by molar-refractivity contribution is 6.12. The molecule has 2 aliphatic carbocycles. The van der Waals surface area contributed by atoms with Gasteiger partial charge < -0.3 is 9.32 Å². The van der Waals surface area contributed by atoms with Crippen LogP contribution in [-0.4, -0.2) is 0 Å². The minimum Gasteiger partial charge on any atom is -0.456 e. The van der Waals surface area contributed by atoms with E-state index in [-0.39, 0.29) is 17.3 Å². The molecule has 0 aliphatic heterocycles. The lowest BCUT2D eigenvalue weighted by molar-refractivity contribution is 0.590. The maximum Gasteiger partial charge on any atom is 0.136 e. The molecule has 0 spiro atoms. The SMILES string of the molecule is CC(C)(C)c1ccc(N(c2cccc(-c3cccc4oc5ccccc5c34)c2)c2ccccc2C2C=CC=C3C=CC=C(c4ccccc4)C32)c(-c2ccccc2)c1. The monoisotopic (exact) mass is 747 g/mol. The summed E-state index contributed by atoms with van der Waals surface area (Å²) in [6, 6.07) is 61.7. The van der Waals surface area contributed by atoms with E-state index >= 15 is 0 Å².